The highest BCUT2D eigenvalue weighted by molar-refractivity contribution is 4.82. The Bertz CT molecular complexity index is 206. The maximum absolute atomic E-state index is 3.86. The minimum atomic E-state index is 0.814. The fourth-order valence-corrected chi connectivity index (χ4v) is 3.91. The molecule has 1 fully saturated rings. The van der Waals surface area contributed by atoms with E-state index in [1.807, 2.05) is 0 Å². The van der Waals surface area contributed by atoms with Crippen LogP contribution in [0.4, 0.5) is 0 Å². The Morgan fingerprint density at radius 2 is 1.60 bits per heavy atom. The molecule has 1 unspecified atom stereocenters. The van der Waals surface area contributed by atoms with Crippen LogP contribution in [0.1, 0.15) is 97.8 Å². The third-order valence-electron chi connectivity index (χ3n) is 5.18. The van der Waals surface area contributed by atoms with Gasteiger partial charge in [0.1, 0.15) is 0 Å². The molecule has 0 aliphatic heterocycles. The first-order valence-electron chi connectivity index (χ1n) is 9.55. The van der Waals surface area contributed by atoms with Gasteiger partial charge in [-0.15, -0.1) is 0 Å². The summed E-state index contributed by atoms with van der Waals surface area (Å²) in [5.74, 6) is 2.01. The lowest BCUT2D eigenvalue weighted by atomic mass is 9.76. The van der Waals surface area contributed by atoms with Gasteiger partial charge in [0.2, 0.25) is 0 Å². The second kappa shape index (κ2) is 11.6. The monoisotopic (exact) mass is 281 g/mol. The largest absolute Gasteiger partial charge is 0.314 e. The molecule has 1 rings (SSSR count). The molecule has 0 heterocycles. The molecule has 0 aromatic heterocycles. The van der Waals surface area contributed by atoms with Gasteiger partial charge in [-0.1, -0.05) is 72.1 Å². The third kappa shape index (κ3) is 7.11. The summed E-state index contributed by atoms with van der Waals surface area (Å²) in [6.07, 6.45) is 17.2. The first kappa shape index (κ1) is 18.0. The molecule has 1 atom stereocenters. The van der Waals surface area contributed by atoms with Crippen LogP contribution in [0.15, 0.2) is 0 Å². The van der Waals surface area contributed by atoms with Crippen molar-refractivity contribution < 1.29 is 0 Å². The van der Waals surface area contributed by atoms with Crippen molar-refractivity contribution in [3.8, 4) is 0 Å². The zero-order chi connectivity index (χ0) is 14.6. The van der Waals surface area contributed by atoms with Crippen molar-refractivity contribution in [3.05, 3.63) is 0 Å². The molecule has 0 radical (unpaired) electrons. The van der Waals surface area contributed by atoms with Crippen LogP contribution >= 0.6 is 0 Å². The van der Waals surface area contributed by atoms with E-state index in [1.54, 1.807) is 0 Å². The maximum Gasteiger partial charge on any atom is 0.00953 e. The topological polar surface area (TPSA) is 12.0 Å². The highest BCUT2D eigenvalue weighted by Gasteiger charge is 2.26. The zero-order valence-corrected chi connectivity index (χ0v) is 14.4. The Balaban J connectivity index is 2.31. The number of hydrogen-bond donors (Lipinski definition) is 1. The van der Waals surface area contributed by atoms with Crippen LogP contribution in [0.25, 0.3) is 0 Å². The molecule has 0 aromatic rings. The number of rotatable bonds is 11. The Labute approximate surface area is 128 Å². The van der Waals surface area contributed by atoms with E-state index in [4.69, 9.17) is 0 Å². The molecule has 1 heteroatoms. The Morgan fingerprint density at radius 1 is 0.850 bits per heavy atom. The fraction of sp³-hybridized carbons (Fsp3) is 1.00. The van der Waals surface area contributed by atoms with E-state index in [1.165, 1.54) is 83.6 Å². The van der Waals surface area contributed by atoms with Crippen LogP contribution in [0.2, 0.25) is 0 Å². The molecule has 0 amide bonds. The molecule has 1 saturated carbocycles. The molecular formula is C19H39N. The van der Waals surface area contributed by atoms with Crippen LogP contribution in [-0.2, 0) is 0 Å². The van der Waals surface area contributed by atoms with Crippen LogP contribution < -0.4 is 5.32 Å². The Morgan fingerprint density at radius 3 is 2.20 bits per heavy atom. The third-order valence-corrected chi connectivity index (χ3v) is 5.18. The second-order valence-corrected chi connectivity index (χ2v) is 6.98. The first-order valence-corrected chi connectivity index (χ1v) is 9.55. The predicted octanol–water partition coefficient (Wildman–Crippen LogP) is 5.93. The lowest BCUT2D eigenvalue weighted by Gasteiger charge is -2.34. The van der Waals surface area contributed by atoms with Crippen molar-refractivity contribution in [2.75, 3.05) is 6.54 Å². The summed E-state index contributed by atoms with van der Waals surface area (Å²) < 4.78 is 0. The van der Waals surface area contributed by atoms with E-state index < -0.39 is 0 Å². The van der Waals surface area contributed by atoms with Gasteiger partial charge in [0.25, 0.3) is 0 Å². The summed E-state index contributed by atoms with van der Waals surface area (Å²) in [7, 11) is 0. The van der Waals surface area contributed by atoms with E-state index in [2.05, 4.69) is 26.1 Å². The average molecular weight is 282 g/mol. The van der Waals surface area contributed by atoms with Crippen molar-refractivity contribution in [2.24, 2.45) is 11.8 Å². The molecule has 20 heavy (non-hydrogen) atoms. The molecule has 1 aliphatic rings. The minimum Gasteiger partial charge on any atom is -0.314 e. The highest BCUT2D eigenvalue weighted by Crippen LogP contribution is 2.34. The number of hydrogen-bond acceptors (Lipinski definition) is 1. The summed E-state index contributed by atoms with van der Waals surface area (Å²) in [4.78, 5) is 0. The van der Waals surface area contributed by atoms with Crippen molar-refractivity contribution in [1.82, 2.24) is 5.32 Å². The van der Waals surface area contributed by atoms with Crippen molar-refractivity contribution in [2.45, 2.75) is 104 Å². The van der Waals surface area contributed by atoms with Crippen molar-refractivity contribution in [1.29, 1.82) is 0 Å². The molecule has 120 valence electrons. The van der Waals surface area contributed by atoms with E-state index in [9.17, 15) is 0 Å². The van der Waals surface area contributed by atoms with Gasteiger partial charge in [0, 0.05) is 6.04 Å². The molecule has 1 nitrogen and oxygen atoms in total. The van der Waals surface area contributed by atoms with Crippen molar-refractivity contribution in [3.63, 3.8) is 0 Å². The standard InChI is InChI=1S/C19H39N/c1-4-7-8-9-11-19(20-16-6-3)18-14-12-17(10-5-2)13-15-18/h17-20H,4-16H2,1-3H3. The molecule has 1 N–H and O–H groups in total. The van der Waals surface area contributed by atoms with E-state index in [-0.39, 0.29) is 0 Å². The van der Waals surface area contributed by atoms with Crippen molar-refractivity contribution >= 4 is 0 Å². The van der Waals surface area contributed by atoms with Crippen LogP contribution in [0, 0.1) is 11.8 Å². The predicted molar refractivity (Wildman–Crippen MR) is 91.2 cm³/mol. The van der Waals surface area contributed by atoms with Gasteiger partial charge in [-0.2, -0.15) is 0 Å². The van der Waals surface area contributed by atoms with E-state index in [0.29, 0.717) is 0 Å². The summed E-state index contributed by atoms with van der Waals surface area (Å²) in [5.41, 5.74) is 0. The van der Waals surface area contributed by atoms with Crippen LogP contribution in [0.3, 0.4) is 0 Å². The number of unbranched alkanes of at least 4 members (excludes halogenated alkanes) is 3. The minimum absolute atomic E-state index is 0.814. The van der Waals surface area contributed by atoms with Crippen LogP contribution in [-0.4, -0.2) is 12.6 Å². The van der Waals surface area contributed by atoms with Gasteiger partial charge in [-0.05, 0) is 44.1 Å². The fourth-order valence-electron chi connectivity index (χ4n) is 3.91. The summed E-state index contributed by atoms with van der Waals surface area (Å²) >= 11 is 0. The highest BCUT2D eigenvalue weighted by atomic mass is 14.9. The molecule has 0 bridgehead atoms. The second-order valence-electron chi connectivity index (χ2n) is 6.98. The van der Waals surface area contributed by atoms with Gasteiger partial charge in [-0.3, -0.25) is 0 Å². The Kier molecular flexibility index (Phi) is 10.4. The summed E-state index contributed by atoms with van der Waals surface area (Å²) in [6, 6.07) is 0.814. The summed E-state index contributed by atoms with van der Waals surface area (Å²) in [6.45, 7) is 8.15. The van der Waals surface area contributed by atoms with Crippen LogP contribution in [0.5, 0.6) is 0 Å². The maximum atomic E-state index is 3.86. The summed E-state index contributed by atoms with van der Waals surface area (Å²) in [5, 5.41) is 3.86. The molecule has 0 aromatic carbocycles. The smallest absolute Gasteiger partial charge is 0.00953 e. The Hall–Kier alpha value is -0.0400. The van der Waals surface area contributed by atoms with Gasteiger partial charge in [0.15, 0.2) is 0 Å². The molecular weight excluding hydrogens is 242 g/mol. The van der Waals surface area contributed by atoms with Gasteiger partial charge >= 0.3 is 0 Å². The molecule has 0 spiro atoms. The van der Waals surface area contributed by atoms with E-state index in [0.717, 1.165) is 17.9 Å². The number of nitrogens with one attached hydrogen (secondary N) is 1. The molecule has 0 saturated heterocycles. The van der Waals surface area contributed by atoms with E-state index >= 15 is 0 Å². The molecule has 1 aliphatic carbocycles. The normalized spacial score (nSPS) is 24.8. The first-order chi connectivity index (χ1) is 9.81. The lowest BCUT2D eigenvalue weighted by Crippen LogP contribution is -2.38. The lowest BCUT2D eigenvalue weighted by molar-refractivity contribution is 0.205. The van der Waals surface area contributed by atoms with Gasteiger partial charge in [-0.25, -0.2) is 0 Å². The van der Waals surface area contributed by atoms with Gasteiger partial charge < -0.3 is 5.32 Å². The quantitative estimate of drug-likeness (QED) is 0.463. The zero-order valence-electron chi connectivity index (χ0n) is 14.4. The van der Waals surface area contributed by atoms with Gasteiger partial charge in [0.05, 0.1) is 0 Å². The average Bonchev–Trinajstić information content (AvgIpc) is 2.48. The SMILES string of the molecule is CCCCCCC(NCCC)C1CCC(CCC)CC1.